The number of rotatable bonds is 6. The maximum atomic E-state index is 12.9. The molecule has 0 spiro atoms. The molecule has 0 amide bonds. The van der Waals surface area contributed by atoms with E-state index in [4.69, 9.17) is 4.52 Å². The summed E-state index contributed by atoms with van der Waals surface area (Å²) in [5.74, 6) is 1.56. The fourth-order valence-corrected chi connectivity index (χ4v) is 4.27. The molecule has 1 saturated heterocycles. The van der Waals surface area contributed by atoms with Gasteiger partial charge in [0.15, 0.2) is 5.82 Å². The predicted molar refractivity (Wildman–Crippen MR) is 117 cm³/mol. The molecule has 4 aromatic rings. The van der Waals surface area contributed by atoms with E-state index < -0.39 is 0 Å². The van der Waals surface area contributed by atoms with E-state index in [-0.39, 0.29) is 11.7 Å². The molecule has 1 aliphatic heterocycles. The molecule has 32 heavy (non-hydrogen) atoms. The van der Waals surface area contributed by atoms with Crippen LogP contribution in [0.15, 0.2) is 41.2 Å². The van der Waals surface area contributed by atoms with Crippen LogP contribution in [0.3, 0.4) is 0 Å². The van der Waals surface area contributed by atoms with Crippen LogP contribution in [0.5, 0.6) is 0 Å². The van der Waals surface area contributed by atoms with Gasteiger partial charge >= 0.3 is 0 Å². The summed E-state index contributed by atoms with van der Waals surface area (Å²) in [6, 6.07) is 8.03. The SMILES string of the molecule is Cc1nc(CN2CCC(C(=O)Cc3cc4cc(-c5cnn(C)c5)ccc4nn3)CC2)no1. The van der Waals surface area contributed by atoms with Crippen molar-refractivity contribution in [3.8, 4) is 11.1 Å². The first-order chi connectivity index (χ1) is 15.5. The molecule has 0 atom stereocenters. The third-order valence-electron chi connectivity index (χ3n) is 6.01. The molecule has 1 aromatic carbocycles. The van der Waals surface area contributed by atoms with Gasteiger partial charge in [0.2, 0.25) is 5.89 Å². The van der Waals surface area contributed by atoms with Crippen molar-refractivity contribution in [1.29, 1.82) is 0 Å². The van der Waals surface area contributed by atoms with Gasteiger partial charge < -0.3 is 4.52 Å². The molecular weight excluding hydrogens is 406 g/mol. The Hall–Kier alpha value is -3.46. The first kappa shape index (κ1) is 20.4. The minimum atomic E-state index is 0.0532. The Morgan fingerprint density at radius 1 is 1.16 bits per heavy atom. The molecule has 0 bridgehead atoms. The van der Waals surface area contributed by atoms with Crippen molar-refractivity contribution in [3.63, 3.8) is 0 Å². The lowest BCUT2D eigenvalue weighted by atomic mass is 9.90. The second-order valence-corrected chi connectivity index (χ2v) is 8.44. The number of aromatic nitrogens is 6. The zero-order valence-electron chi connectivity index (χ0n) is 18.2. The monoisotopic (exact) mass is 431 g/mol. The molecule has 164 valence electrons. The van der Waals surface area contributed by atoms with Crippen LogP contribution in [0.1, 0.15) is 30.3 Å². The molecule has 0 radical (unpaired) electrons. The molecule has 9 heteroatoms. The lowest BCUT2D eigenvalue weighted by Crippen LogP contribution is -2.36. The Morgan fingerprint density at radius 2 is 2.00 bits per heavy atom. The van der Waals surface area contributed by atoms with Gasteiger partial charge in [-0.15, -0.1) is 0 Å². The number of ketones is 1. The van der Waals surface area contributed by atoms with Crippen LogP contribution < -0.4 is 0 Å². The Kier molecular flexibility index (Phi) is 5.48. The lowest BCUT2D eigenvalue weighted by molar-refractivity contribution is -0.123. The number of benzene rings is 1. The van der Waals surface area contributed by atoms with Gasteiger partial charge in [0.1, 0.15) is 5.78 Å². The van der Waals surface area contributed by atoms with Gasteiger partial charge in [0.05, 0.1) is 30.4 Å². The van der Waals surface area contributed by atoms with Crippen molar-refractivity contribution in [2.24, 2.45) is 13.0 Å². The number of carbonyl (C=O) groups is 1. The number of likely N-dealkylation sites (tertiary alicyclic amines) is 1. The van der Waals surface area contributed by atoms with E-state index in [0.717, 1.165) is 53.7 Å². The minimum absolute atomic E-state index is 0.0532. The Balaban J connectivity index is 1.22. The van der Waals surface area contributed by atoms with E-state index in [9.17, 15) is 4.79 Å². The fourth-order valence-electron chi connectivity index (χ4n) is 4.27. The summed E-state index contributed by atoms with van der Waals surface area (Å²) in [5.41, 5.74) is 3.65. The van der Waals surface area contributed by atoms with Gasteiger partial charge in [0.25, 0.3) is 0 Å². The molecule has 4 heterocycles. The second-order valence-electron chi connectivity index (χ2n) is 8.44. The van der Waals surface area contributed by atoms with Crippen molar-refractivity contribution in [3.05, 3.63) is 54.1 Å². The van der Waals surface area contributed by atoms with Crippen LogP contribution in [0, 0.1) is 12.8 Å². The fraction of sp³-hybridized carbons (Fsp3) is 0.391. The number of Topliss-reactive ketones (excluding diaryl/α,β-unsaturated/α-hetero) is 1. The van der Waals surface area contributed by atoms with Crippen LogP contribution in [-0.2, 0) is 24.8 Å². The van der Waals surface area contributed by atoms with Gasteiger partial charge in [-0.05, 0) is 49.7 Å². The van der Waals surface area contributed by atoms with E-state index >= 15 is 0 Å². The number of aryl methyl sites for hydroxylation is 2. The molecule has 0 saturated carbocycles. The Labute approximate surface area is 185 Å². The van der Waals surface area contributed by atoms with E-state index in [1.165, 1.54) is 0 Å². The standard InChI is InChI=1S/C23H25N7O2/c1-15-25-23(28-32-15)14-30-7-5-16(6-8-30)22(31)11-20-10-18-9-17(3-4-21(18)27-26-20)19-12-24-29(2)13-19/h3-4,9-10,12-13,16H,5-8,11,14H2,1-2H3. The first-order valence-electron chi connectivity index (χ1n) is 10.8. The quantitative estimate of drug-likeness (QED) is 0.459. The zero-order valence-corrected chi connectivity index (χ0v) is 18.2. The van der Waals surface area contributed by atoms with Crippen LogP contribution >= 0.6 is 0 Å². The van der Waals surface area contributed by atoms with Crippen molar-refractivity contribution in [1.82, 2.24) is 35.0 Å². The summed E-state index contributed by atoms with van der Waals surface area (Å²) in [5, 5.41) is 17.8. The Bertz CT molecular complexity index is 1250. The molecule has 3 aromatic heterocycles. The van der Waals surface area contributed by atoms with Gasteiger partial charge in [-0.25, -0.2) is 0 Å². The number of nitrogens with zero attached hydrogens (tertiary/aromatic N) is 7. The second kappa shape index (κ2) is 8.58. The average Bonchev–Trinajstić information content (AvgIpc) is 3.41. The van der Waals surface area contributed by atoms with Gasteiger partial charge in [0, 0.05) is 37.0 Å². The van der Waals surface area contributed by atoms with Crippen molar-refractivity contribution < 1.29 is 9.32 Å². The number of fused-ring (bicyclic) bond motifs is 1. The molecule has 0 N–H and O–H groups in total. The Morgan fingerprint density at radius 3 is 2.72 bits per heavy atom. The van der Waals surface area contributed by atoms with Crippen molar-refractivity contribution in [2.75, 3.05) is 13.1 Å². The summed E-state index contributed by atoms with van der Waals surface area (Å²) in [6.07, 6.45) is 5.80. The summed E-state index contributed by atoms with van der Waals surface area (Å²) in [4.78, 5) is 19.5. The molecule has 9 nitrogen and oxygen atoms in total. The van der Waals surface area contributed by atoms with Gasteiger partial charge in [-0.1, -0.05) is 11.2 Å². The van der Waals surface area contributed by atoms with Crippen LogP contribution in [0.2, 0.25) is 0 Å². The van der Waals surface area contributed by atoms with Gasteiger partial charge in [-0.2, -0.15) is 20.3 Å². The third-order valence-corrected chi connectivity index (χ3v) is 6.01. The summed E-state index contributed by atoms with van der Waals surface area (Å²) >= 11 is 0. The van der Waals surface area contributed by atoms with Crippen molar-refractivity contribution in [2.45, 2.75) is 32.7 Å². The number of hydrogen-bond donors (Lipinski definition) is 0. The number of carbonyl (C=O) groups excluding carboxylic acids is 1. The molecule has 5 rings (SSSR count). The van der Waals surface area contributed by atoms with E-state index in [0.29, 0.717) is 24.7 Å². The normalized spacial score (nSPS) is 15.4. The van der Waals surface area contributed by atoms with Crippen LogP contribution in [0.25, 0.3) is 22.0 Å². The average molecular weight is 432 g/mol. The van der Waals surface area contributed by atoms with E-state index in [1.807, 2.05) is 37.6 Å². The summed E-state index contributed by atoms with van der Waals surface area (Å²) in [6.45, 7) is 4.15. The van der Waals surface area contributed by atoms with Crippen molar-refractivity contribution >= 4 is 16.7 Å². The number of hydrogen-bond acceptors (Lipinski definition) is 8. The maximum Gasteiger partial charge on any atom is 0.223 e. The number of piperidine rings is 1. The van der Waals surface area contributed by atoms with Crippen LogP contribution in [-0.4, -0.2) is 53.9 Å². The highest BCUT2D eigenvalue weighted by Gasteiger charge is 2.26. The molecule has 0 aliphatic carbocycles. The lowest BCUT2D eigenvalue weighted by Gasteiger charge is -2.30. The molecule has 0 unspecified atom stereocenters. The summed E-state index contributed by atoms with van der Waals surface area (Å²) < 4.78 is 6.82. The molecule has 1 fully saturated rings. The largest absolute Gasteiger partial charge is 0.340 e. The smallest absolute Gasteiger partial charge is 0.223 e. The van der Waals surface area contributed by atoms with E-state index in [2.05, 4.69) is 36.4 Å². The summed E-state index contributed by atoms with van der Waals surface area (Å²) in [7, 11) is 1.90. The van der Waals surface area contributed by atoms with E-state index in [1.54, 1.807) is 11.6 Å². The van der Waals surface area contributed by atoms with Crippen LogP contribution in [0.4, 0.5) is 0 Å². The molecular formula is C23H25N7O2. The highest BCUT2D eigenvalue weighted by molar-refractivity contribution is 5.86. The maximum absolute atomic E-state index is 12.9. The first-order valence-corrected chi connectivity index (χ1v) is 10.8. The minimum Gasteiger partial charge on any atom is -0.340 e. The van der Waals surface area contributed by atoms with Gasteiger partial charge in [-0.3, -0.25) is 14.4 Å². The highest BCUT2D eigenvalue weighted by atomic mass is 16.5. The highest BCUT2D eigenvalue weighted by Crippen LogP contribution is 2.24. The topological polar surface area (TPSA) is 103 Å². The predicted octanol–water partition coefficient (Wildman–Crippen LogP) is 2.75. The zero-order chi connectivity index (χ0) is 22.1. The third kappa shape index (κ3) is 4.43. The molecule has 1 aliphatic rings.